The minimum absolute atomic E-state index is 0. The van der Waals surface area contributed by atoms with E-state index in [9.17, 15) is 5.11 Å². The molecule has 0 fully saturated rings. The van der Waals surface area contributed by atoms with Gasteiger partial charge in [0, 0.05) is 0 Å². The molecule has 2 aromatic carbocycles. The van der Waals surface area contributed by atoms with Crippen molar-refractivity contribution >= 4 is 15.4 Å². The van der Waals surface area contributed by atoms with Crippen LogP contribution in [-0.4, -0.2) is 14.9 Å². The fourth-order valence-electron chi connectivity index (χ4n) is 4.45. The van der Waals surface area contributed by atoms with Crippen molar-refractivity contribution in [3.8, 4) is 0 Å². The van der Waals surface area contributed by atoms with Crippen molar-refractivity contribution in [2.45, 2.75) is 29.3 Å². The van der Waals surface area contributed by atoms with E-state index in [1.165, 1.54) is 27.8 Å². The van der Waals surface area contributed by atoms with Crippen molar-refractivity contribution in [1.29, 1.82) is 0 Å². The van der Waals surface area contributed by atoms with Gasteiger partial charge in [-0.3, -0.25) is 0 Å². The largest absolute Gasteiger partial charge is 1.00 e. The van der Waals surface area contributed by atoms with E-state index in [1.807, 2.05) is 0 Å². The van der Waals surface area contributed by atoms with Gasteiger partial charge in [0.05, 0.1) is 0 Å². The molecule has 27 heavy (non-hydrogen) atoms. The summed E-state index contributed by atoms with van der Waals surface area (Å²) in [5.41, 5.74) is 7.04. The van der Waals surface area contributed by atoms with Gasteiger partial charge in [-0.2, -0.15) is 0 Å². The number of hydrogen-bond donors (Lipinski definition) is 1. The monoisotopic (exact) mass is 475 g/mol. The second-order valence-corrected chi connectivity index (χ2v) is 12.3. The van der Waals surface area contributed by atoms with Gasteiger partial charge < -0.3 is 24.8 Å². The molecule has 139 valence electrons. The number of allylic oxidation sites excluding steroid dienone is 1. The van der Waals surface area contributed by atoms with Crippen LogP contribution in [0.1, 0.15) is 48.4 Å². The third kappa shape index (κ3) is 3.87. The van der Waals surface area contributed by atoms with Crippen molar-refractivity contribution in [2.24, 2.45) is 0 Å². The summed E-state index contributed by atoms with van der Waals surface area (Å²) in [4.78, 5) is 0. The summed E-state index contributed by atoms with van der Waals surface area (Å²) >= 11 is -0.847. The van der Waals surface area contributed by atoms with Gasteiger partial charge in [-0.25, -0.2) is 0 Å². The summed E-state index contributed by atoms with van der Waals surface area (Å²) in [6.07, 6.45) is 7.92. The van der Waals surface area contributed by atoms with E-state index in [0.29, 0.717) is 5.92 Å². The zero-order valence-corrected chi connectivity index (χ0v) is 19.5. The summed E-state index contributed by atoms with van der Waals surface area (Å²) in [6, 6.07) is 17.7. The third-order valence-corrected chi connectivity index (χ3v) is 9.29. The molecule has 0 amide bonds. The van der Waals surface area contributed by atoms with Crippen LogP contribution in [0.5, 0.6) is 0 Å². The van der Waals surface area contributed by atoms with Crippen LogP contribution in [0.2, 0.25) is 0 Å². The Balaban J connectivity index is 0.00000131. The second kappa shape index (κ2) is 9.14. The summed E-state index contributed by atoms with van der Waals surface area (Å²) in [6.45, 7) is 4.83. The molecule has 2 unspecified atom stereocenters. The predicted molar refractivity (Wildman–Crippen MR) is 102 cm³/mol. The van der Waals surface area contributed by atoms with Crippen molar-refractivity contribution < 1.29 is 52.7 Å². The molecule has 1 nitrogen and oxygen atoms in total. The molecule has 2 aliphatic rings. The third-order valence-electron chi connectivity index (χ3n) is 5.26. The van der Waals surface area contributed by atoms with Crippen LogP contribution >= 0.6 is 0 Å². The Morgan fingerprint density at radius 1 is 1.00 bits per heavy atom. The molecule has 0 saturated carbocycles. The number of halogens is 2. The fraction of sp³-hybridized carbons (Fsp3) is 0.261. The molecule has 4 rings (SSSR count). The molecule has 1 N–H and O–H groups in total. The van der Waals surface area contributed by atoms with E-state index in [1.54, 1.807) is 3.21 Å². The average Bonchev–Trinajstić information content (AvgIpc) is 3.14. The van der Waals surface area contributed by atoms with Crippen molar-refractivity contribution in [3.05, 3.63) is 82.4 Å². The zero-order chi connectivity index (χ0) is 17.4. The predicted octanol–water partition coefficient (Wildman–Crippen LogP) is -1.23. The van der Waals surface area contributed by atoms with E-state index in [0.717, 1.165) is 6.42 Å². The summed E-state index contributed by atoms with van der Waals surface area (Å²) in [5, 5.41) is 9.68. The summed E-state index contributed by atoms with van der Waals surface area (Å²) in [7, 11) is 0. The molecular weight excluding hydrogens is 454 g/mol. The van der Waals surface area contributed by atoms with Gasteiger partial charge in [-0.05, 0) is 0 Å². The molecule has 4 heteroatoms. The molecule has 0 bridgehead atoms. The Kier molecular flexibility index (Phi) is 7.62. The number of benzene rings is 2. The Hall–Kier alpha value is -0.787. The van der Waals surface area contributed by atoms with Crippen LogP contribution in [0.25, 0.3) is 12.2 Å². The molecule has 0 heterocycles. The Morgan fingerprint density at radius 3 is 2.37 bits per heavy atom. The maximum absolute atomic E-state index is 9.68. The van der Waals surface area contributed by atoms with Crippen molar-refractivity contribution in [1.82, 2.24) is 0 Å². The van der Waals surface area contributed by atoms with Crippen LogP contribution in [0.15, 0.2) is 60.2 Å². The zero-order valence-electron chi connectivity index (χ0n) is 15.5. The molecule has 0 spiro atoms. The van der Waals surface area contributed by atoms with Crippen LogP contribution < -0.4 is 24.8 Å². The van der Waals surface area contributed by atoms with Crippen LogP contribution in [-0.2, 0) is 25.9 Å². The SMILES string of the molecule is C[C](C)=[Zr+2][C]1(C2C(CCO)=Cc3ccccc32)C=Cc2ccccc21.[Cl-].[Cl-]. The standard InChI is InChI=1S/C20H17O.C3H6.2ClH.Zr/c21-12-11-16-13-15-6-2-4-8-18(15)20(16)19-10-9-14-5-1-3-7-17(14)19;1-3-2;;;/h1-10,13,20-21H,11-12H2;1-2H3;2*1H;/q;;;;+2/p-2. The summed E-state index contributed by atoms with van der Waals surface area (Å²) in [5.74, 6) is 0.372. The Morgan fingerprint density at radius 2 is 1.67 bits per heavy atom. The van der Waals surface area contributed by atoms with Gasteiger partial charge >= 0.3 is 162 Å². The minimum atomic E-state index is -0.847. The van der Waals surface area contributed by atoms with Gasteiger partial charge in [0.2, 0.25) is 0 Å². The molecule has 2 aromatic rings. The van der Waals surface area contributed by atoms with E-state index in [-0.39, 0.29) is 34.5 Å². The first-order valence-corrected chi connectivity index (χ1v) is 11.4. The van der Waals surface area contributed by atoms with E-state index < -0.39 is 22.8 Å². The molecule has 0 saturated heterocycles. The summed E-state index contributed by atoms with van der Waals surface area (Å²) < 4.78 is 1.73. The maximum Gasteiger partial charge on any atom is -1.00 e. The topological polar surface area (TPSA) is 20.2 Å². The first kappa shape index (κ1) is 22.5. The number of aliphatic hydroxyl groups excluding tert-OH is 1. The van der Waals surface area contributed by atoms with Gasteiger partial charge in [0.25, 0.3) is 0 Å². The Labute approximate surface area is 185 Å². The molecule has 0 aromatic heterocycles. The second-order valence-electron chi connectivity index (χ2n) is 7.17. The van der Waals surface area contributed by atoms with Crippen LogP contribution in [0.4, 0.5) is 0 Å². The minimum Gasteiger partial charge on any atom is -1.00 e. The maximum atomic E-state index is 9.68. The Bertz CT molecular complexity index is 912. The average molecular weight is 478 g/mol. The number of rotatable bonds is 4. The van der Waals surface area contributed by atoms with Gasteiger partial charge in [-0.1, -0.05) is 0 Å². The van der Waals surface area contributed by atoms with Crippen molar-refractivity contribution in [3.63, 3.8) is 0 Å². The van der Waals surface area contributed by atoms with E-state index in [4.69, 9.17) is 0 Å². The molecule has 2 aliphatic carbocycles. The van der Waals surface area contributed by atoms with Gasteiger partial charge in [0.15, 0.2) is 0 Å². The molecule has 2 atom stereocenters. The quantitative estimate of drug-likeness (QED) is 0.585. The molecular formula is C23H23Cl2OZr. The van der Waals surface area contributed by atoms with Gasteiger partial charge in [0.1, 0.15) is 0 Å². The molecule has 0 radical (unpaired) electrons. The smallest absolute Gasteiger partial charge is 1.00 e. The first-order chi connectivity index (χ1) is 12.2. The van der Waals surface area contributed by atoms with Gasteiger partial charge in [-0.15, -0.1) is 0 Å². The van der Waals surface area contributed by atoms with Crippen molar-refractivity contribution in [2.75, 3.05) is 6.61 Å². The first-order valence-electron chi connectivity index (χ1n) is 8.93. The van der Waals surface area contributed by atoms with Crippen LogP contribution in [0, 0.1) is 0 Å². The number of hydrogen-bond acceptors (Lipinski definition) is 1. The number of aliphatic hydroxyl groups is 1. The molecule has 0 aliphatic heterocycles. The fourth-order valence-corrected chi connectivity index (χ4v) is 8.97. The van der Waals surface area contributed by atoms with E-state index in [2.05, 4.69) is 80.6 Å². The number of fused-ring (bicyclic) bond motifs is 2. The van der Waals surface area contributed by atoms with E-state index >= 15 is 0 Å². The normalized spacial score (nSPS) is 21.3. The van der Waals surface area contributed by atoms with Crippen LogP contribution in [0.3, 0.4) is 0 Å².